The molecule has 0 bridgehead atoms. The average molecular weight is 527 g/mol. The minimum atomic E-state index is 0.241. The van der Waals surface area contributed by atoms with Crippen molar-refractivity contribution in [2.75, 3.05) is 0 Å². The molecule has 0 radical (unpaired) electrons. The van der Waals surface area contributed by atoms with Crippen LogP contribution in [0.3, 0.4) is 0 Å². The second-order valence-corrected chi connectivity index (χ2v) is 10.5. The van der Waals surface area contributed by atoms with Crippen LogP contribution in [0.15, 0.2) is 150 Å². The molecule has 1 unspecified atom stereocenters. The number of aromatic nitrogens is 2. The Morgan fingerprint density at radius 2 is 1.27 bits per heavy atom. The zero-order valence-corrected chi connectivity index (χ0v) is 22.4. The number of fused-ring (bicyclic) bond motifs is 5. The third-order valence-corrected chi connectivity index (χ3v) is 7.94. The van der Waals surface area contributed by atoms with Gasteiger partial charge in [-0.2, -0.15) is 0 Å². The van der Waals surface area contributed by atoms with Crippen LogP contribution in [-0.2, 0) is 0 Å². The Balaban J connectivity index is 1.26. The monoisotopic (exact) mass is 526 g/mol. The maximum Gasteiger partial charge on any atom is 0.160 e. The predicted octanol–water partition coefficient (Wildman–Crippen LogP) is 8.16. The van der Waals surface area contributed by atoms with Gasteiger partial charge in [-0.15, -0.1) is 0 Å². The van der Waals surface area contributed by atoms with Gasteiger partial charge in [0, 0.05) is 34.0 Å². The van der Waals surface area contributed by atoms with Gasteiger partial charge >= 0.3 is 0 Å². The molecule has 1 aromatic heterocycles. The molecule has 1 aliphatic carbocycles. The van der Waals surface area contributed by atoms with Crippen molar-refractivity contribution in [3.63, 3.8) is 0 Å². The molecule has 2 aliphatic heterocycles. The fourth-order valence-electron chi connectivity index (χ4n) is 5.92. The summed E-state index contributed by atoms with van der Waals surface area (Å²) in [7, 11) is 0. The van der Waals surface area contributed by atoms with E-state index in [0.717, 1.165) is 57.4 Å². The van der Waals surface area contributed by atoms with Crippen LogP contribution in [0, 0.1) is 0 Å². The molecule has 0 amide bonds. The summed E-state index contributed by atoms with van der Waals surface area (Å²) in [4.78, 5) is 17.4. The topological polar surface area (TPSA) is 41.4 Å². The van der Waals surface area contributed by atoms with Crippen LogP contribution in [0.2, 0.25) is 0 Å². The minimum absolute atomic E-state index is 0.241. The highest BCUT2D eigenvalue weighted by atomic mass is 15.3. The Kier molecular flexibility index (Phi) is 5.56. The molecular weight excluding hydrogens is 500 g/mol. The highest BCUT2D eigenvalue weighted by Crippen LogP contribution is 2.40. The summed E-state index contributed by atoms with van der Waals surface area (Å²) in [6, 6.07) is 40.2. The minimum Gasteiger partial charge on any atom is -0.322 e. The van der Waals surface area contributed by atoms with Gasteiger partial charge in [0.25, 0.3) is 0 Å². The number of rotatable bonds is 4. The van der Waals surface area contributed by atoms with Crippen LogP contribution in [0.5, 0.6) is 0 Å². The third kappa shape index (κ3) is 4.12. The van der Waals surface area contributed by atoms with Gasteiger partial charge in [0.05, 0.1) is 23.1 Å². The Labute approximate surface area is 239 Å². The number of aliphatic imine (C=N–C) groups is 1. The second kappa shape index (κ2) is 9.68. The number of nitrogens with zero attached hydrogens (tertiary/aromatic N) is 4. The first-order chi connectivity index (χ1) is 20.3. The molecule has 0 saturated heterocycles. The molecule has 194 valence electrons. The smallest absolute Gasteiger partial charge is 0.160 e. The van der Waals surface area contributed by atoms with Gasteiger partial charge in [-0.25, -0.2) is 15.0 Å². The van der Waals surface area contributed by atoms with E-state index in [4.69, 9.17) is 15.0 Å². The Morgan fingerprint density at radius 3 is 2.07 bits per heavy atom. The average Bonchev–Trinajstić information content (AvgIpc) is 3.44. The number of allylic oxidation sites excluding steroid dienone is 2. The summed E-state index contributed by atoms with van der Waals surface area (Å²) < 4.78 is 0. The Bertz CT molecular complexity index is 1860. The second-order valence-electron chi connectivity index (χ2n) is 10.5. The van der Waals surface area contributed by atoms with Crippen molar-refractivity contribution in [3.05, 3.63) is 162 Å². The van der Waals surface area contributed by atoms with E-state index in [0.29, 0.717) is 0 Å². The SMILES string of the molecule is C1=CCC2C(=C1)N=C1c3ccccc3C(c3cccc(-c4cc(-c5ccccc5)nc(-c5ccccc5)n4)c3)=CN12. The number of hydrogen-bond donors (Lipinski definition) is 0. The van der Waals surface area contributed by atoms with Crippen LogP contribution in [0.25, 0.3) is 39.5 Å². The van der Waals surface area contributed by atoms with E-state index < -0.39 is 0 Å². The summed E-state index contributed by atoms with van der Waals surface area (Å²) in [5, 5.41) is 0. The quantitative estimate of drug-likeness (QED) is 0.237. The summed E-state index contributed by atoms with van der Waals surface area (Å²) in [5.41, 5.74) is 10.8. The van der Waals surface area contributed by atoms with Crippen LogP contribution in [0.1, 0.15) is 23.1 Å². The lowest BCUT2D eigenvalue weighted by Crippen LogP contribution is -2.35. The first-order valence-electron chi connectivity index (χ1n) is 14.0. The Hall–Kier alpha value is -5.35. The van der Waals surface area contributed by atoms with Gasteiger partial charge in [-0.05, 0) is 35.8 Å². The van der Waals surface area contributed by atoms with Crippen molar-refractivity contribution in [2.24, 2.45) is 4.99 Å². The van der Waals surface area contributed by atoms with Crippen LogP contribution in [0.4, 0.5) is 0 Å². The van der Waals surface area contributed by atoms with E-state index in [9.17, 15) is 0 Å². The normalized spacial score (nSPS) is 16.7. The molecule has 1 atom stereocenters. The van der Waals surface area contributed by atoms with E-state index in [-0.39, 0.29) is 6.04 Å². The van der Waals surface area contributed by atoms with Gasteiger partial charge in [0.15, 0.2) is 5.82 Å². The van der Waals surface area contributed by atoms with Crippen LogP contribution < -0.4 is 0 Å². The van der Waals surface area contributed by atoms with E-state index in [1.165, 1.54) is 16.7 Å². The maximum atomic E-state index is 5.06. The highest BCUT2D eigenvalue weighted by Gasteiger charge is 2.36. The van der Waals surface area contributed by atoms with Gasteiger partial charge in [-0.3, -0.25) is 0 Å². The molecule has 5 aromatic rings. The van der Waals surface area contributed by atoms with E-state index in [2.05, 4.69) is 108 Å². The lowest BCUT2D eigenvalue weighted by molar-refractivity contribution is 0.473. The summed E-state index contributed by atoms with van der Waals surface area (Å²) in [6.07, 6.45) is 9.72. The fraction of sp³-hybridized carbons (Fsp3) is 0.0541. The van der Waals surface area contributed by atoms with E-state index in [1.807, 2.05) is 36.4 Å². The van der Waals surface area contributed by atoms with Crippen LogP contribution in [-0.4, -0.2) is 26.7 Å². The molecule has 8 rings (SSSR count). The van der Waals surface area contributed by atoms with Gasteiger partial charge < -0.3 is 4.90 Å². The molecule has 0 saturated carbocycles. The first kappa shape index (κ1) is 23.5. The van der Waals surface area contributed by atoms with Crippen molar-refractivity contribution in [1.82, 2.24) is 14.9 Å². The molecule has 41 heavy (non-hydrogen) atoms. The van der Waals surface area contributed by atoms with Crippen LogP contribution >= 0.6 is 0 Å². The molecule has 0 spiro atoms. The molecule has 0 N–H and O–H groups in total. The van der Waals surface area contributed by atoms with Crippen molar-refractivity contribution >= 4 is 11.4 Å². The Morgan fingerprint density at radius 1 is 0.610 bits per heavy atom. The van der Waals surface area contributed by atoms with E-state index in [1.54, 1.807) is 0 Å². The molecule has 3 aliphatic rings. The predicted molar refractivity (Wildman–Crippen MR) is 166 cm³/mol. The molecule has 4 nitrogen and oxygen atoms in total. The van der Waals surface area contributed by atoms with Crippen molar-refractivity contribution in [2.45, 2.75) is 12.5 Å². The molecule has 4 heteroatoms. The van der Waals surface area contributed by atoms with Gasteiger partial charge in [0.1, 0.15) is 5.84 Å². The zero-order chi connectivity index (χ0) is 27.2. The van der Waals surface area contributed by atoms with Gasteiger partial charge in [-0.1, -0.05) is 115 Å². The lowest BCUT2D eigenvalue weighted by Gasteiger charge is -2.31. The molecule has 0 fully saturated rings. The first-order valence-corrected chi connectivity index (χ1v) is 14.0. The molecule has 3 heterocycles. The largest absolute Gasteiger partial charge is 0.322 e. The summed E-state index contributed by atoms with van der Waals surface area (Å²) in [5.74, 6) is 1.76. The van der Waals surface area contributed by atoms with Gasteiger partial charge in [0.2, 0.25) is 0 Å². The standard InChI is InChI=1S/C37H26N4/c1-3-12-25(13-4-1)33-23-34(39-36(38-33)26-14-5-2-6-15-26)28-17-11-16-27(22-28)31-24-41-35-21-10-9-20-32(35)40-37(41)30-19-8-7-18-29(30)31/h1-20,22-24,35H,21H2. The lowest BCUT2D eigenvalue weighted by atomic mass is 9.89. The van der Waals surface area contributed by atoms with Crippen molar-refractivity contribution in [1.29, 1.82) is 0 Å². The fourth-order valence-corrected chi connectivity index (χ4v) is 5.92. The zero-order valence-electron chi connectivity index (χ0n) is 22.4. The molecule has 4 aromatic carbocycles. The van der Waals surface area contributed by atoms with E-state index >= 15 is 0 Å². The number of hydrogen-bond acceptors (Lipinski definition) is 4. The van der Waals surface area contributed by atoms with Crippen molar-refractivity contribution < 1.29 is 0 Å². The maximum absolute atomic E-state index is 5.06. The van der Waals surface area contributed by atoms with Crippen molar-refractivity contribution in [3.8, 4) is 33.9 Å². The highest BCUT2D eigenvalue weighted by molar-refractivity contribution is 6.10. The summed E-state index contributed by atoms with van der Waals surface area (Å²) in [6.45, 7) is 0. The summed E-state index contributed by atoms with van der Waals surface area (Å²) >= 11 is 0. The molecular formula is C37H26N4. The number of benzene rings is 4. The number of amidine groups is 1. The third-order valence-electron chi connectivity index (χ3n) is 7.94.